The molecule has 3 aliphatic heterocycles. The lowest BCUT2D eigenvalue weighted by molar-refractivity contribution is -0.135. The third kappa shape index (κ3) is 8.09. The fraction of sp³-hybridized carbons (Fsp3) is 0.426. The fourth-order valence-electron chi connectivity index (χ4n) is 9.76. The number of carbonyl (C=O) groups excluding carboxylic acids is 2. The number of aromatic nitrogens is 7. The van der Waals surface area contributed by atoms with E-state index in [0.717, 1.165) is 86.5 Å². The number of aliphatic hydroxyl groups is 1. The Labute approximate surface area is 370 Å². The number of hydrogen-bond donors (Lipinski definition) is 3. The summed E-state index contributed by atoms with van der Waals surface area (Å²) in [6.07, 6.45) is 7.95. The van der Waals surface area contributed by atoms with Crippen molar-refractivity contribution in [1.29, 1.82) is 0 Å². The number of para-hydroxylation sites is 1. The first-order valence-electron chi connectivity index (χ1n) is 22.2. The van der Waals surface area contributed by atoms with E-state index in [4.69, 9.17) is 4.98 Å². The lowest BCUT2D eigenvalue weighted by atomic mass is 9.94. The number of nitrogens with one attached hydrogen (secondary N) is 2. The normalized spacial score (nSPS) is 18.1. The van der Waals surface area contributed by atoms with Crippen molar-refractivity contribution in [2.75, 3.05) is 54.9 Å². The van der Waals surface area contributed by atoms with E-state index in [1.54, 1.807) is 59.0 Å². The van der Waals surface area contributed by atoms with Crippen LogP contribution in [-0.2, 0) is 28.8 Å². The highest BCUT2D eigenvalue weighted by Crippen LogP contribution is 2.33. The van der Waals surface area contributed by atoms with Gasteiger partial charge in [0.15, 0.2) is 11.5 Å². The van der Waals surface area contributed by atoms with Gasteiger partial charge in [0, 0.05) is 69.8 Å². The molecule has 3 aliphatic rings. The monoisotopic (exact) mass is 868 g/mol. The molecule has 2 aromatic carbocycles. The second-order valence-corrected chi connectivity index (χ2v) is 17.9. The zero-order valence-corrected chi connectivity index (χ0v) is 36.9. The second-order valence-electron chi connectivity index (χ2n) is 17.9. The van der Waals surface area contributed by atoms with Crippen LogP contribution in [0.5, 0.6) is 0 Å². The molecule has 17 nitrogen and oxygen atoms in total. The first-order valence-corrected chi connectivity index (χ1v) is 22.2. The van der Waals surface area contributed by atoms with Crippen molar-refractivity contribution in [2.45, 2.75) is 76.6 Å². The Bertz CT molecular complexity index is 2850. The largest absolute Gasteiger partial charge is 0.384 e. The summed E-state index contributed by atoms with van der Waals surface area (Å²) in [5.74, 6) is 0.669. The van der Waals surface area contributed by atoms with Gasteiger partial charge in [-0.05, 0) is 107 Å². The zero-order chi connectivity index (χ0) is 44.9. The van der Waals surface area contributed by atoms with Crippen molar-refractivity contribution < 1.29 is 14.7 Å². The highest BCUT2D eigenvalue weighted by atomic mass is 16.3. The molecule has 0 spiro atoms. The van der Waals surface area contributed by atoms with Crippen molar-refractivity contribution in [3.05, 3.63) is 106 Å². The number of benzene rings is 2. The quantitative estimate of drug-likeness (QED) is 0.115. The van der Waals surface area contributed by atoms with Crippen LogP contribution in [0.2, 0.25) is 0 Å². The van der Waals surface area contributed by atoms with Gasteiger partial charge in [0.2, 0.25) is 17.8 Å². The summed E-state index contributed by atoms with van der Waals surface area (Å²) < 4.78 is 6.36. The van der Waals surface area contributed by atoms with E-state index >= 15 is 0 Å². The van der Waals surface area contributed by atoms with Gasteiger partial charge in [-0.1, -0.05) is 18.2 Å². The minimum atomic E-state index is -1.17. The number of aryl methyl sites for hydroxylation is 1. The molecule has 1 unspecified atom stereocenters. The van der Waals surface area contributed by atoms with E-state index in [1.807, 2.05) is 24.3 Å². The fourth-order valence-corrected chi connectivity index (χ4v) is 9.76. The van der Waals surface area contributed by atoms with Crippen molar-refractivity contribution in [2.24, 2.45) is 13.0 Å². The van der Waals surface area contributed by atoms with E-state index in [1.165, 1.54) is 10.9 Å². The molecule has 9 rings (SSSR count). The smallest absolute Gasteiger partial charge is 0.329 e. The number of hydrogen-bond acceptors (Lipinski definition) is 12. The first kappa shape index (κ1) is 42.7. The minimum absolute atomic E-state index is 0.214. The van der Waals surface area contributed by atoms with Crippen molar-refractivity contribution in [1.82, 2.24) is 43.7 Å². The Morgan fingerprint density at radius 2 is 1.64 bits per heavy atom. The average molecular weight is 869 g/mol. The standard InChI is InChI=1S/C47H56N12O5/c1-6-23-57-44(62)34-28-48-45(52-42(34)59(57)39-12-8-11-38(50-39)47(2,3)64)49-31-13-15-33(16-14-31)55-24-19-30(20-25-55)29-53(4)32-21-26-56(27-22-32)35-9-7-10-36-41(35)54(5)46(63)58(36)37-17-18-40(60)51-43(37)61/h6-16,28,30,32,37,64H,1,17-27,29H2,2-5H3,(H,48,49,52)(H,51,60,61). The topological polar surface area (TPSA) is 181 Å². The summed E-state index contributed by atoms with van der Waals surface area (Å²) in [4.78, 5) is 72.8. The minimum Gasteiger partial charge on any atom is -0.384 e. The van der Waals surface area contributed by atoms with Gasteiger partial charge in [0.1, 0.15) is 17.0 Å². The molecule has 0 aliphatic carbocycles. The van der Waals surface area contributed by atoms with Crippen LogP contribution < -0.4 is 31.7 Å². The Kier molecular flexibility index (Phi) is 11.5. The number of nitrogens with zero attached hydrogens (tertiary/aromatic N) is 10. The van der Waals surface area contributed by atoms with Crippen LogP contribution in [0.15, 0.2) is 89.1 Å². The summed E-state index contributed by atoms with van der Waals surface area (Å²) in [6, 6.07) is 19.3. The zero-order valence-electron chi connectivity index (χ0n) is 36.9. The van der Waals surface area contributed by atoms with Crippen LogP contribution in [0, 0.1) is 5.92 Å². The Morgan fingerprint density at radius 3 is 2.34 bits per heavy atom. The number of pyridine rings is 1. The Morgan fingerprint density at radius 1 is 0.922 bits per heavy atom. The lowest BCUT2D eigenvalue weighted by Crippen LogP contribution is -2.46. The molecule has 7 heterocycles. The number of piperidine rings is 3. The highest BCUT2D eigenvalue weighted by Gasteiger charge is 2.33. The van der Waals surface area contributed by atoms with Gasteiger partial charge in [-0.2, -0.15) is 4.98 Å². The first-order chi connectivity index (χ1) is 30.8. The molecule has 4 aromatic heterocycles. The molecular weight excluding hydrogens is 813 g/mol. The van der Waals surface area contributed by atoms with Crippen molar-refractivity contribution in [3.63, 3.8) is 0 Å². The molecule has 17 heteroatoms. The summed E-state index contributed by atoms with van der Waals surface area (Å²) in [5, 5.41) is 16.7. The van der Waals surface area contributed by atoms with E-state index in [-0.39, 0.29) is 30.1 Å². The third-order valence-electron chi connectivity index (χ3n) is 13.2. The molecular formula is C47H56N12O5. The number of imidazole rings is 1. The van der Waals surface area contributed by atoms with Gasteiger partial charge in [0.05, 0.1) is 29.0 Å². The van der Waals surface area contributed by atoms with E-state index < -0.39 is 17.6 Å². The number of allylic oxidation sites excluding steroid dienone is 1. The van der Waals surface area contributed by atoms with Gasteiger partial charge in [0.25, 0.3) is 5.56 Å². The molecule has 3 N–H and O–H groups in total. The van der Waals surface area contributed by atoms with Crippen LogP contribution >= 0.6 is 0 Å². The predicted molar refractivity (Wildman–Crippen MR) is 247 cm³/mol. The van der Waals surface area contributed by atoms with Crippen molar-refractivity contribution >= 4 is 56.9 Å². The predicted octanol–water partition coefficient (Wildman–Crippen LogP) is 4.58. The summed E-state index contributed by atoms with van der Waals surface area (Å²) >= 11 is 0. The number of carbonyl (C=O) groups is 2. The molecule has 64 heavy (non-hydrogen) atoms. The van der Waals surface area contributed by atoms with Crippen molar-refractivity contribution in [3.8, 4) is 5.82 Å². The third-order valence-corrected chi connectivity index (χ3v) is 13.2. The Hall–Kier alpha value is -6.59. The van der Waals surface area contributed by atoms with E-state index in [0.29, 0.717) is 46.9 Å². The summed E-state index contributed by atoms with van der Waals surface area (Å²) in [5.41, 5.74) is 3.69. The number of fused-ring (bicyclic) bond motifs is 2. The number of imide groups is 1. The van der Waals surface area contributed by atoms with E-state index in [9.17, 15) is 24.3 Å². The molecule has 6 aromatic rings. The molecule has 0 saturated carbocycles. The SMILES string of the molecule is C=CCn1c(=O)c2cnc(Nc3ccc(N4CCC(CN(C)C5CCN(c6cccc7c6n(C)c(=O)n7C6CCC(=O)NC6=O)CC5)CC4)cc3)nc2n1-c1cccc(C(C)(C)O)n1. The number of rotatable bonds is 12. The van der Waals surface area contributed by atoms with Crippen LogP contribution in [0.3, 0.4) is 0 Å². The van der Waals surface area contributed by atoms with Gasteiger partial charge >= 0.3 is 5.69 Å². The summed E-state index contributed by atoms with van der Waals surface area (Å²) in [6.45, 7) is 12.2. The van der Waals surface area contributed by atoms with Gasteiger partial charge in [-0.3, -0.25) is 28.8 Å². The number of anilines is 4. The average Bonchev–Trinajstić information content (AvgIpc) is 3.71. The van der Waals surface area contributed by atoms with Gasteiger partial charge in [-0.15, -0.1) is 6.58 Å². The van der Waals surface area contributed by atoms with Crippen LogP contribution in [-0.4, -0.2) is 101 Å². The lowest BCUT2D eigenvalue weighted by Gasteiger charge is -2.41. The maximum Gasteiger partial charge on any atom is 0.329 e. The molecule has 3 saturated heterocycles. The molecule has 2 amide bonds. The Balaban J connectivity index is 0.799. The molecule has 3 fully saturated rings. The van der Waals surface area contributed by atoms with Gasteiger partial charge < -0.3 is 25.1 Å². The van der Waals surface area contributed by atoms with Crippen LogP contribution in [0.4, 0.5) is 23.0 Å². The van der Waals surface area contributed by atoms with Crippen LogP contribution in [0.25, 0.3) is 27.9 Å². The highest BCUT2D eigenvalue weighted by molar-refractivity contribution is 6.00. The second kappa shape index (κ2) is 17.2. The molecule has 0 radical (unpaired) electrons. The molecule has 0 bridgehead atoms. The van der Waals surface area contributed by atoms with Gasteiger partial charge in [-0.25, -0.2) is 24.1 Å². The maximum atomic E-state index is 13.5. The molecule has 1 atom stereocenters. The number of amides is 2. The van der Waals surface area contributed by atoms with Crippen LogP contribution in [0.1, 0.15) is 64.1 Å². The maximum absolute atomic E-state index is 13.5. The van der Waals surface area contributed by atoms with E-state index in [2.05, 4.69) is 67.1 Å². The summed E-state index contributed by atoms with van der Waals surface area (Å²) in [7, 11) is 4.02. The molecule has 334 valence electrons.